The Morgan fingerprint density at radius 3 is 2.05 bits per heavy atom. The van der Waals surface area contributed by atoms with Gasteiger partial charge in [-0.3, -0.25) is 14.5 Å². The Morgan fingerprint density at radius 2 is 1.54 bits per heavy atom. The summed E-state index contributed by atoms with van der Waals surface area (Å²) in [5.41, 5.74) is 2.21. The normalized spacial score (nSPS) is 14.5. The second-order valence-corrected chi connectivity index (χ2v) is 10.1. The molecule has 0 bridgehead atoms. The Labute approximate surface area is 230 Å². The molecular weight excluding hydrogens is 496 g/mol. The molecule has 1 aliphatic rings. The zero-order valence-corrected chi connectivity index (χ0v) is 23.4. The maximum absolute atomic E-state index is 14.2. The number of rotatable bonds is 10. The van der Waals surface area contributed by atoms with Crippen molar-refractivity contribution in [3.8, 4) is 17.2 Å². The zero-order valence-electron chi connectivity index (χ0n) is 23.4. The highest BCUT2D eigenvalue weighted by atomic mass is 16.5. The lowest BCUT2D eigenvalue weighted by Crippen LogP contribution is -2.47. The van der Waals surface area contributed by atoms with Crippen LogP contribution in [-0.2, 0) is 4.79 Å². The SMILES string of the molecule is COc1cc([C@H](C(=O)NC2CCCCC2)N(C(=O)c2ccco2)c2ccc(C(C)C)cc2)cc(OC)c1OC. The van der Waals surface area contributed by atoms with Crippen molar-refractivity contribution in [2.24, 2.45) is 0 Å². The first-order valence-corrected chi connectivity index (χ1v) is 13.4. The van der Waals surface area contributed by atoms with Crippen molar-refractivity contribution in [3.63, 3.8) is 0 Å². The highest BCUT2D eigenvalue weighted by Crippen LogP contribution is 2.42. The topological polar surface area (TPSA) is 90.2 Å². The first-order valence-electron chi connectivity index (χ1n) is 13.4. The number of nitrogens with zero attached hydrogens (tertiary/aromatic N) is 1. The van der Waals surface area contributed by atoms with Gasteiger partial charge in [-0.05, 0) is 66.3 Å². The number of hydrogen-bond donors (Lipinski definition) is 1. The molecule has 1 atom stereocenters. The van der Waals surface area contributed by atoms with E-state index >= 15 is 0 Å². The van der Waals surface area contributed by atoms with E-state index in [1.165, 1.54) is 32.5 Å². The predicted molar refractivity (Wildman–Crippen MR) is 150 cm³/mol. The molecule has 1 aromatic heterocycles. The van der Waals surface area contributed by atoms with Crippen molar-refractivity contribution in [1.82, 2.24) is 5.32 Å². The summed E-state index contributed by atoms with van der Waals surface area (Å²) in [6.45, 7) is 4.22. The lowest BCUT2D eigenvalue weighted by Gasteiger charge is -2.33. The molecule has 0 saturated heterocycles. The van der Waals surface area contributed by atoms with Crippen molar-refractivity contribution in [2.75, 3.05) is 26.2 Å². The maximum atomic E-state index is 14.2. The van der Waals surface area contributed by atoms with Crippen LogP contribution < -0.4 is 24.4 Å². The Bertz CT molecular complexity index is 1220. The molecule has 2 aromatic carbocycles. The molecule has 4 rings (SSSR count). The molecule has 0 spiro atoms. The number of benzene rings is 2. The van der Waals surface area contributed by atoms with E-state index in [2.05, 4.69) is 19.2 Å². The summed E-state index contributed by atoms with van der Waals surface area (Å²) < 4.78 is 22.2. The molecule has 8 nitrogen and oxygen atoms in total. The van der Waals surface area contributed by atoms with Gasteiger partial charge in [-0.1, -0.05) is 45.2 Å². The largest absolute Gasteiger partial charge is 0.493 e. The minimum atomic E-state index is -1.04. The van der Waals surface area contributed by atoms with Gasteiger partial charge in [0.2, 0.25) is 11.7 Å². The van der Waals surface area contributed by atoms with Crippen LogP contribution >= 0.6 is 0 Å². The Morgan fingerprint density at radius 1 is 0.897 bits per heavy atom. The van der Waals surface area contributed by atoms with Crippen molar-refractivity contribution in [3.05, 3.63) is 71.7 Å². The third kappa shape index (κ3) is 6.21. The zero-order chi connectivity index (χ0) is 27.9. The number of furan rings is 1. The highest BCUT2D eigenvalue weighted by Gasteiger charge is 2.37. The van der Waals surface area contributed by atoms with E-state index in [9.17, 15) is 9.59 Å². The molecule has 3 aromatic rings. The smallest absolute Gasteiger partial charge is 0.294 e. The van der Waals surface area contributed by atoms with E-state index < -0.39 is 11.9 Å². The fourth-order valence-electron chi connectivity index (χ4n) is 5.13. The summed E-state index contributed by atoms with van der Waals surface area (Å²) in [5.74, 6) is 0.907. The Balaban J connectivity index is 1.89. The van der Waals surface area contributed by atoms with Gasteiger partial charge in [0.05, 0.1) is 27.6 Å². The van der Waals surface area contributed by atoms with Crippen LogP contribution in [0.15, 0.2) is 59.2 Å². The van der Waals surface area contributed by atoms with Gasteiger partial charge < -0.3 is 23.9 Å². The predicted octanol–water partition coefficient (Wildman–Crippen LogP) is 6.27. The molecule has 1 heterocycles. The van der Waals surface area contributed by atoms with E-state index in [0.717, 1.165) is 37.7 Å². The van der Waals surface area contributed by atoms with Crippen LogP contribution in [0, 0.1) is 0 Å². The first kappa shape index (κ1) is 28.1. The van der Waals surface area contributed by atoms with Crippen LogP contribution in [0.3, 0.4) is 0 Å². The van der Waals surface area contributed by atoms with Gasteiger partial charge in [-0.2, -0.15) is 0 Å². The van der Waals surface area contributed by atoms with Gasteiger partial charge >= 0.3 is 0 Å². The van der Waals surface area contributed by atoms with Crippen LogP contribution in [0.25, 0.3) is 0 Å². The summed E-state index contributed by atoms with van der Waals surface area (Å²) in [4.78, 5) is 29.7. The second kappa shape index (κ2) is 12.7. The molecule has 208 valence electrons. The van der Waals surface area contributed by atoms with Crippen LogP contribution in [-0.4, -0.2) is 39.2 Å². The van der Waals surface area contributed by atoms with Crippen LogP contribution in [0.4, 0.5) is 5.69 Å². The van der Waals surface area contributed by atoms with E-state index in [4.69, 9.17) is 18.6 Å². The standard InChI is InChI=1S/C31H38N2O6/c1-20(2)21-13-15-24(16-14-21)33(31(35)25-12-9-17-39-25)28(30(34)32-23-10-7-6-8-11-23)22-18-26(36-3)29(38-5)27(19-22)37-4/h9,12-20,23,28H,6-8,10-11H2,1-5H3,(H,32,34)/t28-/m1/s1. The van der Waals surface area contributed by atoms with Crippen molar-refractivity contribution < 1.29 is 28.2 Å². The van der Waals surface area contributed by atoms with E-state index in [0.29, 0.717) is 34.4 Å². The molecule has 2 amide bonds. The van der Waals surface area contributed by atoms with Crippen LogP contribution in [0.5, 0.6) is 17.2 Å². The van der Waals surface area contributed by atoms with Crippen LogP contribution in [0.1, 0.15) is 79.6 Å². The number of hydrogen-bond acceptors (Lipinski definition) is 6. The molecule has 1 saturated carbocycles. The fourth-order valence-corrected chi connectivity index (χ4v) is 5.13. The van der Waals surface area contributed by atoms with Crippen molar-refractivity contribution in [2.45, 2.75) is 64.0 Å². The number of methoxy groups -OCH3 is 3. The quantitative estimate of drug-likeness (QED) is 0.330. The summed E-state index contributed by atoms with van der Waals surface area (Å²) >= 11 is 0. The molecule has 8 heteroatoms. The van der Waals surface area contributed by atoms with Gasteiger partial charge in [0.25, 0.3) is 5.91 Å². The Hall–Kier alpha value is -3.94. The number of amides is 2. The average Bonchev–Trinajstić information content (AvgIpc) is 3.50. The maximum Gasteiger partial charge on any atom is 0.294 e. The number of carbonyl (C=O) groups is 2. The third-order valence-corrected chi connectivity index (χ3v) is 7.25. The minimum Gasteiger partial charge on any atom is -0.493 e. The van der Waals surface area contributed by atoms with Gasteiger partial charge in [0.15, 0.2) is 17.3 Å². The van der Waals surface area contributed by atoms with Crippen LogP contribution in [0.2, 0.25) is 0 Å². The molecule has 1 N–H and O–H groups in total. The summed E-state index contributed by atoms with van der Waals surface area (Å²) in [6.07, 6.45) is 6.54. The van der Waals surface area contributed by atoms with Gasteiger partial charge in [0, 0.05) is 11.7 Å². The lowest BCUT2D eigenvalue weighted by molar-refractivity contribution is -0.123. The number of carbonyl (C=O) groups excluding carboxylic acids is 2. The molecule has 39 heavy (non-hydrogen) atoms. The number of nitrogens with one attached hydrogen (secondary N) is 1. The van der Waals surface area contributed by atoms with E-state index in [1.807, 2.05) is 24.3 Å². The van der Waals surface area contributed by atoms with Gasteiger partial charge in [-0.15, -0.1) is 0 Å². The molecule has 1 aliphatic carbocycles. The van der Waals surface area contributed by atoms with E-state index in [1.54, 1.807) is 24.3 Å². The molecule has 1 fully saturated rings. The molecular formula is C31H38N2O6. The number of ether oxygens (including phenoxy) is 3. The molecule has 0 radical (unpaired) electrons. The van der Waals surface area contributed by atoms with Gasteiger partial charge in [0.1, 0.15) is 6.04 Å². The highest BCUT2D eigenvalue weighted by molar-refractivity contribution is 6.08. The summed E-state index contributed by atoms with van der Waals surface area (Å²) in [6, 6.07) is 13.4. The van der Waals surface area contributed by atoms with Crippen molar-refractivity contribution in [1.29, 1.82) is 0 Å². The number of anilines is 1. The van der Waals surface area contributed by atoms with E-state index in [-0.39, 0.29) is 17.7 Å². The lowest BCUT2D eigenvalue weighted by atomic mass is 9.94. The molecule has 0 unspecified atom stereocenters. The summed E-state index contributed by atoms with van der Waals surface area (Å²) in [5, 5.41) is 3.22. The third-order valence-electron chi connectivity index (χ3n) is 7.25. The van der Waals surface area contributed by atoms with Gasteiger partial charge in [-0.25, -0.2) is 0 Å². The summed E-state index contributed by atoms with van der Waals surface area (Å²) in [7, 11) is 4.57. The molecule has 0 aliphatic heterocycles. The Kier molecular flexibility index (Phi) is 9.17. The second-order valence-electron chi connectivity index (χ2n) is 10.1. The van der Waals surface area contributed by atoms with Crippen molar-refractivity contribution >= 4 is 17.5 Å². The monoisotopic (exact) mass is 534 g/mol. The minimum absolute atomic E-state index is 0.0414. The first-order chi connectivity index (χ1) is 18.9. The fraction of sp³-hybridized carbons (Fsp3) is 0.419. The average molecular weight is 535 g/mol.